The summed E-state index contributed by atoms with van der Waals surface area (Å²) in [5.74, 6) is 0.0837. The van der Waals surface area contributed by atoms with E-state index in [0.29, 0.717) is 6.42 Å². The van der Waals surface area contributed by atoms with Crippen LogP contribution in [0.5, 0.6) is 0 Å². The van der Waals surface area contributed by atoms with Crippen LogP contribution >= 0.6 is 10.7 Å². The lowest BCUT2D eigenvalue weighted by Crippen LogP contribution is -2.01. The average Bonchev–Trinajstić information content (AvgIpc) is 2.02. The van der Waals surface area contributed by atoms with Crippen molar-refractivity contribution in [3.63, 3.8) is 0 Å². The van der Waals surface area contributed by atoms with Gasteiger partial charge in [-0.3, -0.25) is 0 Å². The Kier molecular flexibility index (Phi) is 3.59. The van der Waals surface area contributed by atoms with Crippen molar-refractivity contribution < 1.29 is 8.42 Å². The Morgan fingerprint density at radius 3 is 2.67 bits per heavy atom. The third kappa shape index (κ3) is 4.12. The third-order valence-corrected chi connectivity index (χ3v) is 3.21. The minimum Gasteiger partial charge on any atom is -0.212 e. The van der Waals surface area contributed by atoms with Crippen molar-refractivity contribution in [3.8, 4) is 0 Å². The van der Waals surface area contributed by atoms with Crippen LogP contribution < -0.4 is 0 Å². The fourth-order valence-electron chi connectivity index (χ4n) is 1.38. The minimum absolute atomic E-state index is 0.0837. The van der Waals surface area contributed by atoms with Crippen molar-refractivity contribution >= 4 is 19.7 Å². The number of halogens is 1. The first-order valence-corrected chi connectivity index (χ1v) is 6.66. The maximum Gasteiger partial charge on any atom is 0.232 e. The summed E-state index contributed by atoms with van der Waals surface area (Å²) in [4.78, 5) is 0. The van der Waals surface area contributed by atoms with Gasteiger partial charge in [-0.05, 0) is 32.1 Å². The highest BCUT2D eigenvalue weighted by molar-refractivity contribution is 8.13. The van der Waals surface area contributed by atoms with E-state index in [9.17, 15) is 8.42 Å². The van der Waals surface area contributed by atoms with E-state index >= 15 is 0 Å². The fourth-order valence-corrected chi connectivity index (χ4v) is 2.12. The van der Waals surface area contributed by atoms with E-state index in [2.05, 4.69) is 6.08 Å². The summed E-state index contributed by atoms with van der Waals surface area (Å²) in [7, 11) is 1.81. The summed E-state index contributed by atoms with van der Waals surface area (Å²) >= 11 is 0. The fraction of sp³-hybridized carbons (Fsp3) is 0.750. The molecular formula is C8H13ClO2S. The number of hydrogen-bond donors (Lipinski definition) is 0. The first-order valence-electron chi connectivity index (χ1n) is 4.18. The molecule has 1 rings (SSSR count). The van der Waals surface area contributed by atoms with Gasteiger partial charge >= 0.3 is 0 Å². The molecule has 0 amide bonds. The molecule has 1 aliphatic rings. The van der Waals surface area contributed by atoms with Gasteiger partial charge in [0, 0.05) is 10.7 Å². The summed E-state index contributed by atoms with van der Waals surface area (Å²) in [6.07, 6.45) is 7.33. The normalized spacial score (nSPS) is 18.9. The zero-order valence-corrected chi connectivity index (χ0v) is 8.50. The molecule has 0 aromatic heterocycles. The van der Waals surface area contributed by atoms with Crippen molar-refractivity contribution in [1.82, 2.24) is 0 Å². The van der Waals surface area contributed by atoms with Gasteiger partial charge in [-0.15, -0.1) is 0 Å². The second-order valence-corrected chi connectivity index (χ2v) is 6.00. The molecule has 0 heterocycles. The van der Waals surface area contributed by atoms with Crippen LogP contribution in [0.2, 0.25) is 0 Å². The van der Waals surface area contributed by atoms with Gasteiger partial charge in [-0.1, -0.05) is 11.6 Å². The Balaban J connectivity index is 2.36. The van der Waals surface area contributed by atoms with Crippen LogP contribution in [-0.4, -0.2) is 14.2 Å². The van der Waals surface area contributed by atoms with Gasteiger partial charge in [-0.2, -0.15) is 0 Å². The first-order chi connectivity index (χ1) is 5.58. The van der Waals surface area contributed by atoms with Crippen molar-refractivity contribution in [2.45, 2.75) is 32.1 Å². The number of hydrogen-bond acceptors (Lipinski definition) is 2. The smallest absolute Gasteiger partial charge is 0.212 e. The van der Waals surface area contributed by atoms with Gasteiger partial charge in [0.1, 0.15) is 0 Å². The number of rotatable bonds is 3. The number of allylic oxidation sites excluding steroid dienone is 2. The standard InChI is InChI=1S/C8H13ClO2S/c9-12(10,11)7-6-8-4-2-1-3-5-8/h4H,1-3,5-7H2. The topological polar surface area (TPSA) is 34.1 Å². The molecule has 0 spiro atoms. The van der Waals surface area contributed by atoms with Gasteiger partial charge in [-0.25, -0.2) is 8.42 Å². The molecule has 0 aliphatic heterocycles. The van der Waals surface area contributed by atoms with Crippen LogP contribution in [0.4, 0.5) is 0 Å². The van der Waals surface area contributed by atoms with Gasteiger partial charge in [0.05, 0.1) is 5.75 Å². The minimum atomic E-state index is -3.29. The lowest BCUT2D eigenvalue weighted by atomic mass is 9.98. The molecule has 0 aromatic carbocycles. The van der Waals surface area contributed by atoms with Gasteiger partial charge in [0.15, 0.2) is 0 Å². The maximum absolute atomic E-state index is 10.6. The molecule has 0 atom stereocenters. The largest absolute Gasteiger partial charge is 0.232 e. The molecule has 0 aromatic rings. The Bertz CT molecular complexity index is 267. The predicted molar refractivity (Wildman–Crippen MR) is 50.8 cm³/mol. The predicted octanol–water partition coefficient (Wildman–Crippen LogP) is 2.45. The van der Waals surface area contributed by atoms with Crippen molar-refractivity contribution in [3.05, 3.63) is 11.6 Å². The summed E-state index contributed by atoms with van der Waals surface area (Å²) in [5, 5.41) is 0. The molecule has 0 fully saturated rings. The Labute approximate surface area is 78.0 Å². The summed E-state index contributed by atoms with van der Waals surface area (Å²) in [5.41, 5.74) is 1.26. The van der Waals surface area contributed by atoms with E-state index in [1.54, 1.807) is 0 Å². The quantitative estimate of drug-likeness (QED) is 0.528. The highest BCUT2D eigenvalue weighted by atomic mass is 35.7. The molecule has 0 saturated heterocycles. The van der Waals surface area contributed by atoms with Crippen LogP contribution in [0.3, 0.4) is 0 Å². The second kappa shape index (κ2) is 4.28. The van der Waals surface area contributed by atoms with Crippen LogP contribution in [-0.2, 0) is 9.05 Å². The monoisotopic (exact) mass is 208 g/mol. The molecule has 0 bridgehead atoms. The van der Waals surface area contributed by atoms with Gasteiger partial charge < -0.3 is 0 Å². The highest BCUT2D eigenvalue weighted by Crippen LogP contribution is 2.20. The molecule has 12 heavy (non-hydrogen) atoms. The Hall–Kier alpha value is -0.0200. The second-order valence-electron chi connectivity index (χ2n) is 3.10. The van der Waals surface area contributed by atoms with E-state index in [4.69, 9.17) is 10.7 Å². The summed E-state index contributed by atoms with van der Waals surface area (Å²) in [6.45, 7) is 0. The van der Waals surface area contributed by atoms with Crippen LogP contribution in [0, 0.1) is 0 Å². The molecule has 70 valence electrons. The Morgan fingerprint density at radius 1 is 1.42 bits per heavy atom. The third-order valence-electron chi connectivity index (χ3n) is 2.05. The van der Waals surface area contributed by atoms with Gasteiger partial charge in [0.25, 0.3) is 0 Å². The zero-order valence-electron chi connectivity index (χ0n) is 6.92. The van der Waals surface area contributed by atoms with E-state index in [1.165, 1.54) is 18.4 Å². The molecule has 0 saturated carbocycles. The van der Waals surface area contributed by atoms with Crippen molar-refractivity contribution in [2.24, 2.45) is 0 Å². The van der Waals surface area contributed by atoms with E-state index in [0.717, 1.165) is 12.8 Å². The zero-order chi connectivity index (χ0) is 9.03. The van der Waals surface area contributed by atoms with E-state index in [-0.39, 0.29) is 5.75 Å². The molecule has 2 nitrogen and oxygen atoms in total. The molecule has 0 unspecified atom stereocenters. The molecule has 1 aliphatic carbocycles. The van der Waals surface area contributed by atoms with Crippen molar-refractivity contribution in [2.75, 3.05) is 5.75 Å². The van der Waals surface area contributed by atoms with E-state index < -0.39 is 9.05 Å². The summed E-state index contributed by atoms with van der Waals surface area (Å²) < 4.78 is 21.2. The lowest BCUT2D eigenvalue weighted by Gasteiger charge is -2.10. The van der Waals surface area contributed by atoms with Crippen LogP contribution in [0.25, 0.3) is 0 Å². The molecule has 0 radical (unpaired) electrons. The van der Waals surface area contributed by atoms with Crippen molar-refractivity contribution in [1.29, 1.82) is 0 Å². The van der Waals surface area contributed by atoms with Crippen LogP contribution in [0.15, 0.2) is 11.6 Å². The maximum atomic E-state index is 10.6. The summed E-state index contributed by atoms with van der Waals surface area (Å²) in [6, 6.07) is 0. The SMILES string of the molecule is O=S(=O)(Cl)CCC1=CCCCC1. The van der Waals surface area contributed by atoms with Crippen LogP contribution in [0.1, 0.15) is 32.1 Å². The Morgan fingerprint density at radius 2 is 2.17 bits per heavy atom. The average molecular weight is 209 g/mol. The highest BCUT2D eigenvalue weighted by Gasteiger charge is 2.08. The van der Waals surface area contributed by atoms with Gasteiger partial charge in [0.2, 0.25) is 9.05 Å². The molecular weight excluding hydrogens is 196 g/mol. The van der Waals surface area contributed by atoms with E-state index in [1.807, 2.05) is 0 Å². The molecule has 0 N–H and O–H groups in total. The lowest BCUT2D eigenvalue weighted by molar-refractivity contribution is 0.606. The first kappa shape index (κ1) is 10.1. The molecule has 4 heteroatoms.